The van der Waals surface area contributed by atoms with Crippen LogP contribution in [0.15, 0.2) is 30.6 Å². The quantitative estimate of drug-likeness (QED) is 0.908. The van der Waals surface area contributed by atoms with E-state index in [1.807, 2.05) is 0 Å². The topological polar surface area (TPSA) is 76.6 Å². The molecule has 3 rings (SSSR count). The summed E-state index contributed by atoms with van der Waals surface area (Å²) in [6, 6.07) is 6.92. The highest BCUT2D eigenvalue weighted by Gasteiger charge is 2.16. The zero-order valence-electron chi connectivity index (χ0n) is 13.8. The van der Waals surface area contributed by atoms with E-state index in [0.717, 1.165) is 31.7 Å². The number of anilines is 2. The van der Waals surface area contributed by atoms with Gasteiger partial charge in [-0.05, 0) is 25.0 Å². The van der Waals surface area contributed by atoms with Gasteiger partial charge in [-0.2, -0.15) is 0 Å². The number of nitrogens with one attached hydrogen (secondary N) is 1. The lowest BCUT2D eigenvalue weighted by molar-refractivity contribution is 0.102. The average molecular weight is 328 g/mol. The van der Waals surface area contributed by atoms with Crippen LogP contribution in [0.2, 0.25) is 0 Å². The van der Waals surface area contributed by atoms with Gasteiger partial charge in [-0.1, -0.05) is 0 Å². The van der Waals surface area contributed by atoms with Crippen LogP contribution in [0, 0.1) is 0 Å². The molecule has 1 aromatic carbocycles. The van der Waals surface area contributed by atoms with Crippen LogP contribution in [0.1, 0.15) is 23.3 Å². The van der Waals surface area contributed by atoms with Crippen molar-refractivity contribution in [2.45, 2.75) is 12.8 Å². The van der Waals surface area contributed by atoms with Gasteiger partial charge in [0.2, 0.25) is 0 Å². The minimum Gasteiger partial charge on any atom is -0.493 e. The first kappa shape index (κ1) is 16.0. The van der Waals surface area contributed by atoms with Gasteiger partial charge in [0.1, 0.15) is 17.8 Å². The van der Waals surface area contributed by atoms with Crippen LogP contribution in [0.4, 0.5) is 11.5 Å². The molecule has 7 nitrogen and oxygen atoms in total. The summed E-state index contributed by atoms with van der Waals surface area (Å²) >= 11 is 0. The minimum absolute atomic E-state index is 0.287. The molecule has 7 heteroatoms. The van der Waals surface area contributed by atoms with Gasteiger partial charge in [0, 0.05) is 30.9 Å². The number of amides is 1. The summed E-state index contributed by atoms with van der Waals surface area (Å²) in [5.74, 6) is 1.66. The third kappa shape index (κ3) is 3.40. The molecule has 0 unspecified atom stereocenters. The molecule has 1 fully saturated rings. The first-order valence-corrected chi connectivity index (χ1v) is 7.81. The summed E-state index contributed by atoms with van der Waals surface area (Å²) in [6.07, 6.45) is 3.73. The van der Waals surface area contributed by atoms with E-state index in [0.29, 0.717) is 22.9 Å². The zero-order chi connectivity index (χ0) is 16.9. The number of rotatable bonds is 5. The number of ether oxygens (including phenoxy) is 2. The SMILES string of the molecule is COc1ccc(NC(=O)c2cc(N3CCCC3)ncn2)cc1OC. The molecule has 0 saturated carbocycles. The van der Waals surface area contributed by atoms with Crippen molar-refractivity contribution in [1.82, 2.24) is 9.97 Å². The van der Waals surface area contributed by atoms with Crippen molar-refractivity contribution >= 4 is 17.4 Å². The summed E-state index contributed by atoms with van der Waals surface area (Å²) in [6.45, 7) is 1.93. The number of carbonyl (C=O) groups is 1. The molecule has 1 amide bonds. The molecular formula is C17H20N4O3. The van der Waals surface area contributed by atoms with Crippen LogP contribution in [0.5, 0.6) is 11.5 Å². The van der Waals surface area contributed by atoms with Crippen molar-refractivity contribution in [2.24, 2.45) is 0 Å². The van der Waals surface area contributed by atoms with E-state index in [1.54, 1.807) is 38.5 Å². The summed E-state index contributed by atoms with van der Waals surface area (Å²) < 4.78 is 10.4. The maximum Gasteiger partial charge on any atom is 0.274 e. The van der Waals surface area contributed by atoms with Gasteiger partial charge in [0.15, 0.2) is 11.5 Å². The summed E-state index contributed by atoms with van der Waals surface area (Å²) in [5, 5.41) is 2.82. The maximum atomic E-state index is 12.4. The van der Waals surface area contributed by atoms with Gasteiger partial charge >= 0.3 is 0 Å². The smallest absolute Gasteiger partial charge is 0.274 e. The van der Waals surface area contributed by atoms with E-state index in [2.05, 4.69) is 20.2 Å². The highest BCUT2D eigenvalue weighted by Crippen LogP contribution is 2.30. The number of aromatic nitrogens is 2. The van der Waals surface area contributed by atoms with Crippen LogP contribution in [-0.4, -0.2) is 43.2 Å². The van der Waals surface area contributed by atoms with Crippen molar-refractivity contribution in [3.8, 4) is 11.5 Å². The molecule has 1 aromatic heterocycles. The second-order valence-corrected chi connectivity index (χ2v) is 5.48. The third-order valence-electron chi connectivity index (χ3n) is 3.96. The number of methoxy groups -OCH3 is 2. The molecule has 0 radical (unpaired) electrons. The van der Waals surface area contributed by atoms with Crippen molar-refractivity contribution in [1.29, 1.82) is 0 Å². The van der Waals surface area contributed by atoms with E-state index >= 15 is 0 Å². The minimum atomic E-state index is -0.287. The fourth-order valence-electron chi connectivity index (χ4n) is 2.70. The number of nitrogens with zero attached hydrogens (tertiary/aromatic N) is 3. The van der Waals surface area contributed by atoms with E-state index in [9.17, 15) is 4.79 Å². The van der Waals surface area contributed by atoms with Gasteiger partial charge in [0.25, 0.3) is 5.91 Å². The second kappa shape index (κ2) is 7.16. The van der Waals surface area contributed by atoms with Crippen LogP contribution < -0.4 is 19.7 Å². The molecule has 2 aromatic rings. The Balaban J connectivity index is 1.76. The Bertz CT molecular complexity index is 730. The standard InChI is InChI=1S/C17H20N4O3/c1-23-14-6-5-12(9-15(14)24-2)20-17(22)13-10-16(19-11-18-13)21-7-3-4-8-21/h5-6,9-11H,3-4,7-8H2,1-2H3,(H,20,22). The van der Waals surface area contributed by atoms with Crippen molar-refractivity contribution in [3.05, 3.63) is 36.3 Å². The molecule has 1 saturated heterocycles. The first-order valence-electron chi connectivity index (χ1n) is 7.81. The predicted molar refractivity (Wildman–Crippen MR) is 91.0 cm³/mol. The van der Waals surface area contributed by atoms with Crippen molar-refractivity contribution in [2.75, 3.05) is 37.5 Å². The van der Waals surface area contributed by atoms with Crippen LogP contribution in [0.3, 0.4) is 0 Å². The third-order valence-corrected chi connectivity index (χ3v) is 3.96. The molecule has 1 N–H and O–H groups in total. The molecule has 2 heterocycles. The summed E-state index contributed by atoms with van der Waals surface area (Å²) in [5.41, 5.74) is 0.945. The van der Waals surface area contributed by atoms with Crippen LogP contribution >= 0.6 is 0 Å². The van der Waals surface area contributed by atoms with E-state index < -0.39 is 0 Å². The monoisotopic (exact) mass is 328 g/mol. The van der Waals surface area contributed by atoms with Crippen LogP contribution in [-0.2, 0) is 0 Å². The van der Waals surface area contributed by atoms with Crippen molar-refractivity contribution < 1.29 is 14.3 Å². The fraction of sp³-hybridized carbons (Fsp3) is 0.353. The Morgan fingerprint density at radius 3 is 2.54 bits per heavy atom. The summed E-state index contributed by atoms with van der Waals surface area (Å²) in [7, 11) is 3.12. The predicted octanol–water partition coefficient (Wildman–Crippen LogP) is 2.35. The van der Waals surface area contributed by atoms with Crippen molar-refractivity contribution in [3.63, 3.8) is 0 Å². The average Bonchev–Trinajstić information content (AvgIpc) is 3.16. The van der Waals surface area contributed by atoms with Gasteiger partial charge in [0.05, 0.1) is 14.2 Å². The lowest BCUT2D eigenvalue weighted by Gasteiger charge is -2.16. The highest BCUT2D eigenvalue weighted by molar-refractivity contribution is 6.03. The molecule has 1 aliphatic heterocycles. The van der Waals surface area contributed by atoms with Gasteiger partial charge in [-0.25, -0.2) is 9.97 Å². The molecular weight excluding hydrogens is 308 g/mol. The first-order chi connectivity index (χ1) is 11.7. The second-order valence-electron chi connectivity index (χ2n) is 5.48. The molecule has 0 bridgehead atoms. The zero-order valence-corrected chi connectivity index (χ0v) is 13.8. The highest BCUT2D eigenvalue weighted by atomic mass is 16.5. The Morgan fingerprint density at radius 2 is 1.83 bits per heavy atom. The largest absolute Gasteiger partial charge is 0.493 e. The number of benzene rings is 1. The Kier molecular flexibility index (Phi) is 4.79. The molecule has 24 heavy (non-hydrogen) atoms. The van der Waals surface area contributed by atoms with Gasteiger partial charge in [-0.15, -0.1) is 0 Å². The van der Waals surface area contributed by atoms with E-state index in [-0.39, 0.29) is 5.91 Å². The van der Waals surface area contributed by atoms with E-state index in [4.69, 9.17) is 9.47 Å². The lowest BCUT2D eigenvalue weighted by Crippen LogP contribution is -2.21. The van der Waals surface area contributed by atoms with Gasteiger partial charge < -0.3 is 19.7 Å². The number of hydrogen-bond acceptors (Lipinski definition) is 6. The van der Waals surface area contributed by atoms with Gasteiger partial charge in [-0.3, -0.25) is 4.79 Å². The molecule has 0 atom stereocenters. The number of hydrogen-bond donors (Lipinski definition) is 1. The van der Waals surface area contributed by atoms with Crippen LogP contribution in [0.25, 0.3) is 0 Å². The fourth-order valence-corrected chi connectivity index (χ4v) is 2.70. The van der Waals surface area contributed by atoms with E-state index in [1.165, 1.54) is 6.33 Å². The Labute approximate surface area is 140 Å². The Morgan fingerprint density at radius 1 is 1.08 bits per heavy atom. The number of carbonyl (C=O) groups excluding carboxylic acids is 1. The normalized spacial score (nSPS) is 13.7. The molecule has 0 spiro atoms. The lowest BCUT2D eigenvalue weighted by atomic mass is 10.2. The molecule has 1 aliphatic rings. The molecule has 126 valence electrons. The Hall–Kier alpha value is -2.83. The summed E-state index contributed by atoms with van der Waals surface area (Å²) in [4.78, 5) is 22.9. The maximum absolute atomic E-state index is 12.4. The molecule has 0 aliphatic carbocycles.